The van der Waals surface area contributed by atoms with Crippen LogP contribution in [0.2, 0.25) is 0 Å². The maximum Gasteiger partial charge on any atom is 0.233 e. The molecule has 1 saturated carbocycles. The lowest BCUT2D eigenvalue weighted by Crippen LogP contribution is -2.39. The zero-order valence-electron chi connectivity index (χ0n) is 10.2. The third-order valence-corrected chi connectivity index (χ3v) is 3.14. The molecule has 0 radical (unpaired) electrons. The van der Waals surface area contributed by atoms with E-state index in [-0.39, 0.29) is 11.3 Å². The lowest BCUT2D eigenvalue weighted by atomic mass is 9.90. The Hall–Kier alpha value is -0.570. The molecule has 1 aliphatic rings. The SMILES string of the molecule is CCC(C)(C)CNC(=O)CNCC1CC1. The van der Waals surface area contributed by atoms with Gasteiger partial charge in [-0.05, 0) is 37.1 Å². The predicted octanol–water partition coefficient (Wildman–Crippen LogP) is 1.54. The lowest BCUT2D eigenvalue weighted by molar-refractivity contribution is -0.120. The van der Waals surface area contributed by atoms with Gasteiger partial charge in [-0.1, -0.05) is 20.8 Å². The summed E-state index contributed by atoms with van der Waals surface area (Å²) in [5.41, 5.74) is 0.214. The van der Waals surface area contributed by atoms with E-state index < -0.39 is 0 Å². The smallest absolute Gasteiger partial charge is 0.233 e. The van der Waals surface area contributed by atoms with Gasteiger partial charge >= 0.3 is 0 Å². The Kier molecular flexibility index (Phi) is 4.58. The predicted molar refractivity (Wildman–Crippen MR) is 62.7 cm³/mol. The van der Waals surface area contributed by atoms with Crippen molar-refractivity contribution in [2.45, 2.75) is 40.0 Å². The molecule has 0 aromatic rings. The van der Waals surface area contributed by atoms with Crippen molar-refractivity contribution >= 4 is 5.91 Å². The molecule has 1 aliphatic carbocycles. The van der Waals surface area contributed by atoms with Crippen LogP contribution in [0.3, 0.4) is 0 Å². The number of carbonyl (C=O) groups excluding carboxylic acids is 1. The first-order valence-electron chi connectivity index (χ1n) is 6.01. The average Bonchev–Trinajstić information content (AvgIpc) is 2.99. The van der Waals surface area contributed by atoms with Gasteiger partial charge in [-0.15, -0.1) is 0 Å². The summed E-state index contributed by atoms with van der Waals surface area (Å²) in [4.78, 5) is 11.4. The summed E-state index contributed by atoms with van der Waals surface area (Å²) < 4.78 is 0. The molecule has 0 bridgehead atoms. The first kappa shape index (κ1) is 12.5. The van der Waals surface area contributed by atoms with Crippen molar-refractivity contribution in [1.29, 1.82) is 0 Å². The molecule has 0 aromatic heterocycles. The molecule has 0 heterocycles. The third kappa shape index (κ3) is 5.78. The Bertz CT molecular complexity index is 210. The fourth-order valence-corrected chi connectivity index (χ4v) is 1.24. The molecule has 1 fully saturated rings. The standard InChI is InChI=1S/C12H24N2O/c1-4-12(2,3)9-14-11(15)8-13-7-10-5-6-10/h10,13H,4-9H2,1-3H3,(H,14,15). The van der Waals surface area contributed by atoms with Crippen LogP contribution in [0.5, 0.6) is 0 Å². The summed E-state index contributed by atoms with van der Waals surface area (Å²) in [5, 5.41) is 6.16. The van der Waals surface area contributed by atoms with Gasteiger partial charge in [-0.25, -0.2) is 0 Å². The van der Waals surface area contributed by atoms with E-state index in [0.29, 0.717) is 6.54 Å². The third-order valence-electron chi connectivity index (χ3n) is 3.14. The van der Waals surface area contributed by atoms with Crippen LogP contribution >= 0.6 is 0 Å². The average molecular weight is 212 g/mol. The van der Waals surface area contributed by atoms with E-state index >= 15 is 0 Å². The van der Waals surface area contributed by atoms with Crippen molar-refractivity contribution in [2.24, 2.45) is 11.3 Å². The Balaban J connectivity index is 2.01. The van der Waals surface area contributed by atoms with Crippen LogP contribution in [0.1, 0.15) is 40.0 Å². The van der Waals surface area contributed by atoms with E-state index in [1.807, 2.05) is 0 Å². The fraction of sp³-hybridized carbons (Fsp3) is 0.917. The molecule has 0 spiro atoms. The molecule has 1 amide bonds. The minimum absolute atomic E-state index is 0.122. The van der Waals surface area contributed by atoms with Gasteiger partial charge in [0, 0.05) is 6.54 Å². The highest BCUT2D eigenvalue weighted by Gasteiger charge is 2.21. The minimum atomic E-state index is 0.122. The van der Waals surface area contributed by atoms with Gasteiger partial charge in [0.15, 0.2) is 0 Å². The molecular weight excluding hydrogens is 188 g/mol. The normalized spacial score (nSPS) is 16.5. The molecule has 3 heteroatoms. The van der Waals surface area contributed by atoms with Gasteiger partial charge in [0.1, 0.15) is 0 Å². The first-order chi connectivity index (χ1) is 7.03. The summed E-state index contributed by atoms with van der Waals surface area (Å²) in [5.74, 6) is 0.960. The zero-order chi connectivity index (χ0) is 11.3. The van der Waals surface area contributed by atoms with Gasteiger partial charge in [0.2, 0.25) is 5.91 Å². The molecule has 2 N–H and O–H groups in total. The quantitative estimate of drug-likeness (QED) is 0.672. The Morgan fingerprint density at radius 2 is 2.07 bits per heavy atom. The Morgan fingerprint density at radius 3 is 2.60 bits per heavy atom. The molecule has 0 saturated heterocycles. The molecule has 1 rings (SSSR count). The van der Waals surface area contributed by atoms with E-state index in [1.165, 1.54) is 12.8 Å². The van der Waals surface area contributed by atoms with Crippen molar-refractivity contribution in [3.05, 3.63) is 0 Å². The maximum atomic E-state index is 11.4. The number of rotatable bonds is 7. The van der Waals surface area contributed by atoms with Gasteiger partial charge in [0.05, 0.1) is 6.54 Å². The van der Waals surface area contributed by atoms with Crippen LogP contribution in [0.15, 0.2) is 0 Å². The number of hydrogen-bond acceptors (Lipinski definition) is 2. The van der Waals surface area contributed by atoms with Crippen LogP contribution in [-0.2, 0) is 4.79 Å². The van der Waals surface area contributed by atoms with Crippen molar-refractivity contribution in [1.82, 2.24) is 10.6 Å². The number of carbonyl (C=O) groups is 1. The fourth-order valence-electron chi connectivity index (χ4n) is 1.24. The van der Waals surface area contributed by atoms with Gasteiger partial charge < -0.3 is 10.6 Å². The van der Waals surface area contributed by atoms with Crippen molar-refractivity contribution in [3.63, 3.8) is 0 Å². The van der Waals surface area contributed by atoms with E-state index in [2.05, 4.69) is 31.4 Å². The number of hydrogen-bond donors (Lipinski definition) is 2. The van der Waals surface area contributed by atoms with E-state index in [4.69, 9.17) is 0 Å². The van der Waals surface area contributed by atoms with Crippen molar-refractivity contribution < 1.29 is 4.79 Å². The molecule has 15 heavy (non-hydrogen) atoms. The van der Waals surface area contributed by atoms with Crippen molar-refractivity contribution in [2.75, 3.05) is 19.6 Å². The van der Waals surface area contributed by atoms with Gasteiger partial charge in [0.25, 0.3) is 0 Å². The number of amides is 1. The van der Waals surface area contributed by atoms with Gasteiger partial charge in [-0.3, -0.25) is 4.79 Å². The van der Waals surface area contributed by atoms with E-state index in [9.17, 15) is 4.79 Å². The van der Waals surface area contributed by atoms with Crippen LogP contribution in [0.25, 0.3) is 0 Å². The van der Waals surface area contributed by atoms with Crippen LogP contribution in [0.4, 0.5) is 0 Å². The summed E-state index contributed by atoms with van der Waals surface area (Å²) in [7, 11) is 0. The molecular formula is C12H24N2O. The summed E-state index contributed by atoms with van der Waals surface area (Å²) in [6.07, 6.45) is 3.75. The van der Waals surface area contributed by atoms with E-state index in [1.54, 1.807) is 0 Å². The summed E-state index contributed by atoms with van der Waals surface area (Å²) >= 11 is 0. The zero-order valence-corrected chi connectivity index (χ0v) is 10.2. The van der Waals surface area contributed by atoms with Crippen molar-refractivity contribution in [3.8, 4) is 0 Å². The topological polar surface area (TPSA) is 41.1 Å². The second-order valence-corrected chi connectivity index (χ2v) is 5.37. The van der Waals surface area contributed by atoms with Crippen LogP contribution in [0, 0.1) is 11.3 Å². The summed E-state index contributed by atoms with van der Waals surface area (Å²) in [6.45, 7) is 8.74. The maximum absolute atomic E-state index is 11.4. The number of nitrogens with one attached hydrogen (secondary N) is 2. The molecule has 0 aromatic carbocycles. The second kappa shape index (κ2) is 5.50. The summed E-state index contributed by atoms with van der Waals surface area (Å²) in [6, 6.07) is 0. The largest absolute Gasteiger partial charge is 0.354 e. The van der Waals surface area contributed by atoms with Crippen LogP contribution < -0.4 is 10.6 Å². The molecule has 0 atom stereocenters. The Labute approximate surface area is 93.0 Å². The minimum Gasteiger partial charge on any atom is -0.354 e. The van der Waals surface area contributed by atoms with Gasteiger partial charge in [-0.2, -0.15) is 0 Å². The molecule has 0 aliphatic heterocycles. The molecule has 3 nitrogen and oxygen atoms in total. The molecule has 0 unspecified atom stereocenters. The second-order valence-electron chi connectivity index (χ2n) is 5.37. The van der Waals surface area contributed by atoms with E-state index in [0.717, 1.165) is 25.4 Å². The highest BCUT2D eigenvalue weighted by molar-refractivity contribution is 5.78. The first-order valence-corrected chi connectivity index (χ1v) is 6.01. The lowest BCUT2D eigenvalue weighted by Gasteiger charge is -2.22. The highest BCUT2D eigenvalue weighted by Crippen LogP contribution is 2.27. The molecule has 88 valence electrons. The monoisotopic (exact) mass is 212 g/mol. The highest BCUT2D eigenvalue weighted by atomic mass is 16.1. The Morgan fingerprint density at radius 1 is 1.40 bits per heavy atom. The van der Waals surface area contributed by atoms with Crippen LogP contribution in [-0.4, -0.2) is 25.5 Å².